The van der Waals surface area contributed by atoms with E-state index in [4.69, 9.17) is 52.1 Å². The minimum atomic E-state index is 0.287. The first-order valence-corrected chi connectivity index (χ1v) is 6.21. The molecule has 0 aromatic heterocycles. The predicted molar refractivity (Wildman–Crippen MR) is 76.3 cm³/mol. The molecule has 5 heteroatoms. The van der Waals surface area contributed by atoms with Crippen LogP contribution in [0.4, 0.5) is 5.69 Å². The molecule has 0 aliphatic carbocycles. The zero-order valence-electron chi connectivity index (χ0n) is 8.48. The number of hydrogen-bond donors (Lipinski definition) is 1. The topological polar surface area (TPSA) is 26.0 Å². The maximum Gasteiger partial charge on any atom is 0.0785 e. The summed E-state index contributed by atoms with van der Waals surface area (Å²) in [4.78, 5) is 0. The van der Waals surface area contributed by atoms with Gasteiger partial charge in [-0.15, -0.1) is 0 Å². The molecule has 0 aliphatic heterocycles. The average molecular weight is 307 g/mol. The normalized spacial score (nSPS) is 10.6. The van der Waals surface area contributed by atoms with Crippen LogP contribution in [0.5, 0.6) is 0 Å². The molecule has 2 N–H and O–H groups in total. The first kappa shape index (κ1) is 12.8. The van der Waals surface area contributed by atoms with Gasteiger partial charge in [0.05, 0.1) is 20.1 Å². The first-order chi connectivity index (χ1) is 8.00. The van der Waals surface area contributed by atoms with Crippen LogP contribution in [0, 0.1) is 0 Å². The number of nitrogen functional groups attached to an aromatic ring is 1. The fraction of sp³-hybridized carbons (Fsp3) is 0. The maximum atomic E-state index is 6.15. The Hall–Kier alpha value is -0.600. The van der Waals surface area contributed by atoms with E-state index < -0.39 is 0 Å². The molecule has 0 atom stereocenters. The molecule has 1 nitrogen and oxygen atoms in total. The Kier molecular flexibility index (Phi) is 3.74. The summed E-state index contributed by atoms with van der Waals surface area (Å²) in [5.74, 6) is 0. The first-order valence-electron chi connectivity index (χ1n) is 4.69. The summed E-state index contributed by atoms with van der Waals surface area (Å²) in [6.45, 7) is 0. The molecule has 2 aromatic carbocycles. The quantitative estimate of drug-likeness (QED) is 0.417. The highest BCUT2D eigenvalue weighted by molar-refractivity contribution is 6.51. The van der Waals surface area contributed by atoms with Gasteiger partial charge in [0, 0.05) is 11.3 Å². The number of halogens is 4. The highest BCUT2D eigenvalue weighted by atomic mass is 35.5. The second kappa shape index (κ2) is 4.95. The molecular weight excluding hydrogens is 300 g/mol. The van der Waals surface area contributed by atoms with E-state index in [9.17, 15) is 0 Å². The molecule has 0 radical (unpaired) electrons. The largest absolute Gasteiger partial charge is 0.399 e. The van der Waals surface area contributed by atoms with Crippen LogP contribution < -0.4 is 5.73 Å². The second-order valence-electron chi connectivity index (χ2n) is 3.47. The zero-order chi connectivity index (χ0) is 12.6. The van der Waals surface area contributed by atoms with Crippen LogP contribution in [0.2, 0.25) is 20.1 Å². The molecule has 88 valence electrons. The Labute approximate surface area is 119 Å². The van der Waals surface area contributed by atoms with Crippen LogP contribution in [0.1, 0.15) is 0 Å². The predicted octanol–water partition coefficient (Wildman–Crippen LogP) is 5.55. The molecule has 2 rings (SSSR count). The summed E-state index contributed by atoms with van der Waals surface area (Å²) in [6.07, 6.45) is 0. The van der Waals surface area contributed by atoms with Crippen LogP contribution in [-0.4, -0.2) is 0 Å². The minimum Gasteiger partial charge on any atom is -0.399 e. The molecule has 0 saturated carbocycles. The maximum absolute atomic E-state index is 6.15. The third kappa shape index (κ3) is 2.48. The summed E-state index contributed by atoms with van der Waals surface area (Å²) in [5, 5.41) is 1.38. The van der Waals surface area contributed by atoms with E-state index in [1.807, 2.05) is 12.1 Å². The Balaban J connectivity index is 2.72. The van der Waals surface area contributed by atoms with Crippen molar-refractivity contribution in [1.82, 2.24) is 0 Å². The second-order valence-corrected chi connectivity index (χ2v) is 5.04. The standard InChI is InChI=1S/C12H7Cl4N/c13-8-5-9(14)11(15)12(16)10(8)6-2-1-3-7(17)4-6/h1-5H,17H2. The van der Waals surface area contributed by atoms with Crippen LogP contribution >= 0.6 is 46.4 Å². The van der Waals surface area contributed by atoms with Gasteiger partial charge in [-0.25, -0.2) is 0 Å². The number of rotatable bonds is 1. The van der Waals surface area contributed by atoms with E-state index in [0.29, 0.717) is 26.3 Å². The highest BCUT2D eigenvalue weighted by Gasteiger charge is 2.15. The van der Waals surface area contributed by atoms with Crippen LogP contribution in [-0.2, 0) is 0 Å². The van der Waals surface area contributed by atoms with E-state index in [0.717, 1.165) is 5.56 Å². The Morgan fingerprint density at radius 2 is 1.53 bits per heavy atom. The van der Waals surface area contributed by atoms with Gasteiger partial charge in [-0.1, -0.05) is 58.5 Å². The van der Waals surface area contributed by atoms with E-state index in [2.05, 4.69) is 0 Å². The van der Waals surface area contributed by atoms with Crippen molar-refractivity contribution < 1.29 is 0 Å². The Morgan fingerprint density at radius 3 is 2.18 bits per heavy atom. The van der Waals surface area contributed by atoms with Gasteiger partial charge in [-0.05, 0) is 23.8 Å². The molecule has 0 amide bonds. The number of nitrogens with two attached hydrogens (primary N) is 1. The molecule has 0 bridgehead atoms. The van der Waals surface area contributed by atoms with Gasteiger partial charge in [-0.3, -0.25) is 0 Å². The van der Waals surface area contributed by atoms with E-state index in [1.165, 1.54) is 0 Å². The van der Waals surface area contributed by atoms with Crippen molar-refractivity contribution in [3.8, 4) is 11.1 Å². The van der Waals surface area contributed by atoms with Gasteiger partial charge in [0.25, 0.3) is 0 Å². The summed E-state index contributed by atoms with van der Waals surface area (Å²) in [6, 6.07) is 8.80. The molecule has 0 unspecified atom stereocenters. The van der Waals surface area contributed by atoms with Crippen molar-refractivity contribution >= 4 is 52.1 Å². The van der Waals surface area contributed by atoms with Crippen LogP contribution in [0.15, 0.2) is 30.3 Å². The van der Waals surface area contributed by atoms with E-state index in [-0.39, 0.29) is 5.02 Å². The molecule has 0 aliphatic rings. The lowest BCUT2D eigenvalue weighted by molar-refractivity contribution is 1.61. The molecule has 0 spiro atoms. The molecule has 0 fully saturated rings. The number of hydrogen-bond acceptors (Lipinski definition) is 1. The molecule has 0 heterocycles. The lowest BCUT2D eigenvalue weighted by Crippen LogP contribution is -1.88. The van der Waals surface area contributed by atoms with Gasteiger partial charge in [-0.2, -0.15) is 0 Å². The number of benzene rings is 2. The van der Waals surface area contributed by atoms with Crippen molar-refractivity contribution in [3.05, 3.63) is 50.4 Å². The van der Waals surface area contributed by atoms with Gasteiger partial charge in [0.2, 0.25) is 0 Å². The van der Waals surface area contributed by atoms with E-state index in [1.54, 1.807) is 18.2 Å². The van der Waals surface area contributed by atoms with Crippen molar-refractivity contribution in [2.45, 2.75) is 0 Å². The van der Waals surface area contributed by atoms with Crippen LogP contribution in [0.25, 0.3) is 11.1 Å². The third-order valence-corrected chi connectivity index (χ3v) is 3.85. The fourth-order valence-corrected chi connectivity index (χ4v) is 2.66. The molecule has 0 saturated heterocycles. The monoisotopic (exact) mass is 305 g/mol. The fourth-order valence-electron chi connectivity index (χ4n) is 1.53. The average Bonchev–Trinajstić information content (AvgIpc) is 2.26. The molecular formula is C12H7Cl4N. The Morgan fingerprint density at radius 1 is 0.824 bits per heavy atom. The van der Waals surface area contributed by atoms with Gasteiger partial charge < -0.3 is 5.73 Å². The van der Waals surface area contributed by atoms with Gasteiger partial charge >= 0.3 is 0 Å². The summed E-state index contributed by atoms with van der Waals surface area (Å²) < 4.78 is 0. The third-order valence-electron chi connectivity index (χ3n) is 2.29. The smallest absolute Gasteiger partial charge is 0.0785 e. The van der Waals surface area contributed by atoms with E-state index >= 15 is 0 Å². The van der Waals surface area contributed by atoms with Crippen LogP contribution in [0.3, 0.4) is 0 Å². The van der Waals surface area contributed by atoms with Crippen molar-refractivity contribution in [1.29, 1.82) is 0 Å². The van der Waals surface area contributed by atoms with Gasteiger partial charge in [0.15, 0.2) is 0 Å². The highest BCUT2D eigenvalue weighted by Crippen LogP contribution is 2.43. The summed E-state index contributed by atoms with van der Waals surface area (Å²) in [5.41, 5.74) is 7.78. The zero-order valence-corrected chi connectivity index (χ0v) is 11.5. The SMILES string of the molecule is Nc1cccc(-c2c(Cl)cc(Cl)c(Cl)c2Cl)c1. The molecule has 2 aromatic rings. The lowest BCUT2D eigenvalue weighted by atomic mass is 10.0. The van der Waals surface area contributed by atoms with Crippen molar-refractivity contribution in [2.75, 3.05) is 5.73 Å². The Bertz CT molecular complexity index is 581. The van der Waals surface area contributed by atoms with Gasteiger partial charge in [0.1, 0.15) is 0 Å². The molecule has 17 heavy (non-hydrogen) atoms. The summed E-state index contributed by atoms with van der Waals surface area (Å²) in [7, 11) is 0. The summed E-state index contributed by atoms with van der Waals surface area (Å²) >= 11 is 24.1. The lowest BCUT2D eigenvalue weighted by Gasteiger charge is -2.10. The van der Waals surface area contributed by atoms with Crippen molar-refractivity contribution in [2.24, 2.45) is 0 Å². The number of anilines is 1. The minimum absolute atomic E-state index is 0.287. The van der Waals surface area contributed by atoms with Crippen molar-refractivity contribution in [3.63, 3.8) is 0 Å².